The molecule has 0 aliphatic heterocycles. The first-order valence-corrected chi connectivity index (χ1v) is 9.50. The second kappa shape index (κ2) is 11.1. The predicted octanol–water partition coefficient (Wildman–Crippen LogP) is 3.02. The Balaban J connectivity index is 1.92. The molecule has 2 aromatic rings. The van der Waals surface area contributed by atoms with Crippen molar-refractivity contribution >= 4 is 29.6 Å². The summed E-state index contributed by atoms with van der Waals surface area (Å²) in [5.41, 5.74) is 3.30. The maximum absolute atomic E-state index is 12.2. The van der Waals surface area contributed by atoms with Crippen LogP contribution in [0.2, 0.25) is 5.02 Å². The number of nitrogens with zero attached hydrogens (tertiary/aromatic N) is 1. The minimum Gasteiger partial charge on any atom is -0.493 e. The molecular weight excluding hydrogens is 410 g/mol. The van der Waals surface area contributed by atoms with Gasteiger partial charge in [-0.15, -0.1) is 0 Å². The van der Waals surface area contributed by atoms with Crippen LogP contribution < -0.4 is 25.0 Å². The Morgan fingerprint density at radius 3 is 2.43 bits per heavy atom. The highest BCUT2D eigenvalue weighted by molar-refractivity contribution is 6.30. The van der Waals surface area contributed by atoms with Crippen LogP contribution in [0.25, 0.3) is 0 Å². The zero-order valence-electron chi connectivity index (χ0n) is 17.2. The number of halogens is 1. The number of hydrazone groups is 1. The molecule has 0 saturated heterocycles. The first-order valence-electron chi connectivity index (χ1n) is 9.12. The molecule has 0 bridgehead atoms. The van der Waals surface area contributed by atoms with E-state index in [2.05, 4.69) is 15.8 Å². The molecule has 0 spiro atoms. The lowest BCUT2D eigenvalue weighted by Crippen LogP contribution is -2.34. The molecule has 30 heavy (non-hydrogen) atoms. The Hall–Kier alpha value is -3.26. The molecule has 2 rings (SSSR count). The molecule has 0 unspecified atom stereocenters. The van der Waals surface area contributed by atoms with E-state index in [1.165, 1.54) is 26.5 Å². The van der Waals surface area contributed by atoms with Crippen molar-refractivity contribution in [3.05, 3.63) is 52.5 Å². The molecule has 0 saturated carbocycles. The van der Waals surface area contributed by atoms with Crippen molar-refractivity contribution in [1.29, 1.82) is 0 Å². The van der Waals surface area contributed by atoms with E-state index in [0.717, 1.165) is 0 Å². The molecule has 2 aromatic carbocycles. The van der Waals surface area contributed by atoms with Crippen molar-refractivity contribution in [3.63, 3.8) is 0 Å². The molecular formula is C21H24ClN3O5. The van der Waals surface area contributed by atoms with Crippen molar-refractivity contribution in [3.8, 4) is 17.2 Å². The lowest BCUT2D eigenvalue weighted by molar-refractivity contribution is -0.120. The van der Waals surface area contributed by atoms with E-state index in [1.54, 1.807) is 30.3 Å². The van der Waals surface area contributed by atoms with Crippen LogP contribution in [0, 0.1) is 0 Å². The van der Waals surface area contributed by atoms with Crippen molar-refractivity contribution < 1.29 is 23.8 Å². The fourth-order valence-corrected chi connectivity index (χ4v) is 2.62. The van der Waals surface area contributed by atoms with Crippen LogP contribution in [-0.4, -0.2) is 44.9 Å². The number of hydrogen-bond donors (Lipinski definition) is 2. The van der Waals surface area contributed by atoms with Gasteiger partial charge in [-0.05, 0) is 50.2 Å². The molecule has 8 nitrogen and oxygen atoms in total. The number of ether oxygens (including phenoxy) is 3. The second-order valence-electron chi connectivity index (χ2n) is 6.39. The summed E-state index contributed by atoms with van der Waals surface area (Å²) in [5, 5.41) is 6.93. The number of rotatable bonds is 9. The summed E-state index contributed by atoms with van der Waals surface area (Å²) >= 11 is 6.01. The Bertz CT molecular complexity index is 931. The molecule has 0 radical (unpaired) electrons. The minimum absolute atomic E-state index is 0.0280. The van der Waals surface area contributed by atoms with E-state index in [-0.39, 0.29) is 12.6 Å². The Labute approximate surface area is 180 Å². The van der Waals surface area contributed by atoms with Gasteiger partial charge in [-0.2, -0.15) is 5.10 Å². The van der Waals surface area contributed by atoms with Gasteiger partial charge in [0.05, 0.1) is 33.1 Å². The van der Waals surface area contributed by atoms with Gasteiger partial charge in [0.1, 0.15) is 5.75 Å². The molecule has 160 valence electrons. The molecule has 0 aromatic heterocycles. The number of carbonyl (C=O) groups excluding carboxylic acids is 2. The first-order chi connectivity index (χ1) is 14.3. The highest BCUT2D eigenvalue weighted by Gasteiger charge is 2.12. The maximum atomic E-state index is 12.2. The van der Waals surface area contributed by atoms with E-state index in [1.807, 2.05) is 13.8 Å². The van der Waals surface area contributed by atoms with Gasteiger partial charge in [-0.3, -0.25) is 9.59 Å². The Morgan fingerprint density at radius 1 is 1.07 bits per heavy atom. The van der Waals surface area contributed by atoms with E-state index in [9.17, 15) is 9.59 Å². The van der Waals surface area contributed by atoms with Gasteiger partial charge in [0, 0.05) is 16.1 Å². The monoisotopic (exact) mass is 433 g/mol. The van der Waals surface area contributed by atoms with E-state index in [0.29, 0.717) is 33.4 Å². The summed E-state index contributed by atoms with van der Waals surface area (Å²) in [7, 11) is 2.98. The van der Waals surface area contributed by atoms with Gasteiger partial charge >= 0.3 is 0 Å². The quantitative estimate of drug-likeness (QED) is 0.468. The second-order valence-corrected chi connectivity index (χ2v) is 6.83. The zero-order valence-corrected chi connectivity index (χ0v) is 17.9. The van der Waals surface area contributed by atoms with E-state index >= 15 is 0 Å². The summed E-state index contributed by atoms with van der Waals surface area (Å²) in [6, 6.07) is 9.82. The minimum atomic E-state index is -0.492. The smallest absolute Gasteiger partial charge is 0.259 e. The summed E-state index contributed by atoms with van der Waals surface area (Å²) in [5.74, 6) is 0.586. The van der Waals surface area contributed by atoms with Crippen LogP contribution in [0.5, 0.6) is 17.2 Å². The van der Waals surface area contributed by atoms with E-state index < -0.39 is 11.8 Å². The Kier molecular flexibility index (Phi) is 8.49. The summed E-state index contributed by atoms with van der Waals surface area (Å²) in [6.45, 7) is 3.55. The SMILES string of the molecule is COc1ccc(C(=O)NCC(=O)NN=Cc2cc(Cl)ccc2OC(C)C)cc1OC. The van der Waals surface area contributed by atoms with Gasteiger partial charge in [-0.25, -0.2) is 5.43 Å². The fourth-order valence-electron chi connectivity index (χ4n) is 2.43. The molecule has 2 N–H and O–H groups in total. The summed E-state index contributed by atoms with van der Waals surface area (Å²) in [6.07, 6.45) is 1.40. The lowest BCUT2D eigenvalue weighted by atomic mass is 10.2. The third kappa shape index (κ3) is 6.66. The maximum Gasteiger partial charge on any atom is 0.259 e. The molecule has 9 heteroatoms. The lowest BCUT2D eigenvalue weighted by Gasteiger charge is -2.12. The van der Waals surface area contributed by atoms with E-state index in [4.69, 9.17) is 25.8 Å². The van der Waals surface area contributed by atoms with Crippen LogP contribution in [0.3, 0.4) is 0 Å². The van der Waals surface area contributed by atoms with Crippen LogP contribution in [-0.2, 0) is 4.79 Å². The molecule has 0 aliphatic rings. The fraction of sp³-hybridized carbons (Fsp3) is 0.286. The third-order valence-electron chi connectivity index (χ3n) is 3.78. The molecule has 0 aliphatic carbocycles. The first kappa shape index (κ1) is 23.0. The molecule has 2 amide bonds. The van der Waals surface area contributed by atoms with Crippen molar-refractivity contribution in [2.45, 2.75) is 20.0 Å². The molecule has 0 heterocycles. The number of amides is 2. The average molecular weight is 434 g/mol. The van der Waals surface area contributed by atoms with Crippen molar-refractivity contribution in [2.75, 3.05) is 20.8 Å². The zero-order chi connectivity index (χ0) is 22.1. The van der Waals surface area contributed by atoms with Crippen molar-refractivity contribution in [2.24, 2.45) is 5.10 Å². The summed E-state index contributed by atoms with van der Waals surface area (Å²) in [4.78, 5) is 24.2. The average Bonchev–Trinajstić information content (AvgIpc) is 2.73. The van der Waals surface area contributed by atoms with Crippen molar-refractivity contribution in [1.82, 2.24) is 10.7 Å². The number of methoxy groups -OCH3 is 2. The van der Waals surface area contributed by atoms with Crippen LogP contribution in [0.15, 0.2) is 41.5 Å². The number of hydrogen-bond acceptors (Lipinski definition) is 6. The highest BCUT2D eigenvalue weighted by Crippen LogP contribution is 2.27. The predicted molar refractivity (Wildman–Crippen MR) is 115 cm³/mol. The van der Waals surface area contributed by atoms with Crippen LogP contribution >= 0.6 is 11.6 Å². The Morgan fingerprint density at radius 2 is 1.77 bits per heavy atom. The largest absolute Gasteiger partial charge is 0.493 e. The number of nitrogens with one attached hydrogen (secondary N) is 2. The van der Waals surface area contributed by atoms with Crippen LogP contribution in [0.4, 0.5) is 0 Å². The number of carbonyl (C=O) groups is 2. The molecule has 0 atom stereocenters. The summed E-state index contributed by atoms with van der Waals surface area (Å²) < 4.78 is 16.0. The van der Waals surface area contributed by atoms with Gasteiger partial charge in [0.2, 0.25) is 0 Å². The molecule has 0 fully saturated rings. The normalized spacial score (nSPS) is 10.7. The highest BCUT2D eigenvalue weighted by atomic mass is 35.5. The third-order valence-corrected chi connectivity index (χ3v) is 4.02. The van der Waals surface area contributed by atoms with Gasteiger partial charge in [0.25, 0.3) is 11.8 Å². The number of benzene rings is 2. The standard InChI is InChI=1S/C21H24ClN3O5/c1-13(2)30-17-8-6-16(22)9-15(17)11-24-25-20(26)12-23-21(27)14-5-7-18(28-3)19(10-14)29-4/h5-11,13H,12H2,1-4H3,(H,23,27)(H,25,26). The van der Waals surface area contributed by atoms with Gasteiger partial charge < -0.3 is 19.5 Å². The van der Waals surface area contributed by atoms with Gasteiger partial charge in [-0.1, -0.05) is 11.6 Å². The topological polar surface area (TPSA) is 98.2 Å². The van der Waals surface area contributed by atoms with Gasteiger partial charge in [0.15, 0.2) is 11.5 Å². The van der Waals surface area contributed by atoms with Crippen LogP contribution in [0.1, 0.15) is 29.8 Å².